The van der Waals surface area contributed by atoms with Crippen LogP contribution in [0.5, 0.6) is 0 Å². The largest absolute Gasteiger partial charge is 0.352 e. The van der Waals surface area contributed by atoms with E-state index in [2.05, 4.69) is 67.7 Å². The number of nitrogens with one attached hydrogen (secondary N) is 1. The molecule has 1 N–H and O–H groups in total. The summed E-state index contributed by atoms with van der Waals surface area (Å²) in [5, 5.41) is 3.32. The summed E-state index contributed by atoms with van der Waals surface area (Å²) < 4.78 is 0. The van der Waals surface area contributed by atoms with Gasteiger partial charge in [-0.3, -0.25) is 9.59 Å². The smallest absolute Gasteiger partial charge is 0.243 e. The molecule has 0 aliphatic heterocycles. The second kappa shape index (κ2) is 14.2. The minimum atomic E-state index is -0.558. The Kier molecular flexibility index (Phi) is 10.5. The molecule has 1 fully saturated rings. The van der Waals surface area contributed by atoms with Crippen molar-refractivity contribution in [2.24, 2.45) is 0 Å². The van der Waals surface area contributed by atoms with E-state index in [1.165, 1.54) is 17.5 Å². The first kappa shape index (κ1) is 28.0. The number of hydrogen-bond donors (Lipinski definition) is 1. The second-order valence-corrected chi connectivity index (χ2v) is 11.6. The van der Waals surface area contributed by atoms with Crippen LogP contribution in [0.3, 0.4) is 0 Å². The van der Waals surface area contributed by atoms with Crippen LogP contribution in [0.2, 0.25) is 0 Å². The summed E-state index contributed by atoms with van der Waals surface area (Å²) in [5.74, 6) is 0.659. The number of thioether (sulfide) groups is 1. The van der Waals surface area contributed by atoms with Gasteiger partial charge in [-0.2, -0.15) is 0 Å². The predicted octanol–water partition coefficient (Wildman–Crippen LogP) is 6.87. The number of benzene rings is 3. The topological polar surface area (TPSA) is 49.4 Å². The zero-order valence-electron chi connectivity index (χ0n) is 22.7. The van der Waals surface area contributed by atoms with Gasteiger partial charge in [0.1, 0.15) is 6.04 Å². The monoisotopic (exact) mass is 528 g/mol. The summed E-state index contributed by atoms with van der Waals surface area (Å²) in [6.45, 7) is 4.56. The van der Waals surface area contributed by atoms with Gasteiger partial charge in [0, 0.05) is 36.1 Å². The Labute approximate surface area is 232 Å². The second-order valence-electron chi connectivity index (χ2n) is 10.5. The molecule has 0 heterocycles. The van der Waals surface area contributed by atoms with Gasteiger partial charge in [0.2, 0.25) is 11.8 Å². The van der Waals surface area contributed by atoms with E-state index in [9.17, 15) is 9.59 Å². The molecule has 1 saturated carbocycles. The Balaban J connectivity index is 1.55. The maximum absolute atomic E-state index is 13.8. The lowest BCUT2D eigenvalue weighted by Gasteiger charge is -2.33. The van der Waals surface area contributed by atoms with Crippen molar-refractivity contribution >= 4 is 23.6 Å². The fraction of sp³-hybridized carbons (Fsp3) is 0.394. The fourth-order valence-electron chi connectivity index (χ4n) is 5.02. The highest BCUT2D eigenvalue weighted by Gasteiger charge is 2.31. The number of carbonyl (C=O) groups is 2. The van der Waals surface area contributed by atoms with Crippen molar-refractivity contribution in [3.63, 3.8) is 0 Å². The molecule has 4 nitrogen and oxygen atoms in total. The lowest BCUT2D eigenvalue weighted by Crippen LogP contribution is -2.52. The lowest BCUT2D eigenvalue weighted by atomic mass is 9.94. The Morgan fingerprint density at radius 3 is 2.13 bits per heavy atom. The quantitative estimate of drug-likeness (QED) is 0.276. The van der Waals surface area contributed by atoms with Crippen LogP contribution in [0, 0.1) is 13.8 Å². The molecule has 0 saturated heterocycles. The number of aryl methyl sites for hydroxylation is 2. The fourth-order valence-corrected chi connectivity index (χ4v) is 5.86. The SMILES string of the molecule is Cc1ccc(CN(C(=O)CCSc2ccc(C)cc2)[C@@H](Cc2ccccc2)C(=O)NC2CCCCC2)cc1. The summed E-state index contributed by atoms with van der Waals surface area (Å²) in [6, 6.07) is 26.4. The third kappa shape index (κ3) is 8.49. The van der Waals surface area contributed by atoms with E-state index in [0.717, 1.165) is 41.7 Å². The highest BCUT2D eigenvalue weighted by molar-refractivity contribution is 7.99. The van der Waals surface area contributed by atoms with E-state index in [0.29, 0.717) is 25.1 Å². The van der Waals surface area contributed by atoms with Gasteiger partial charge in [0.25, 0.3) is 0 Å². The third-order valence-corrected chi connectivity index (χ3v) is 8.32. The van der Waals surface area contributed by atoms with E-state index in [4.69, 9.17) is 0 Å². The van der Waals surface area contributed by atoms with E-state index in [-0.39, 0.29) is 17.9 Å². The third-order valence-electron chi connectivity index (χ3n) is 7.30. The van der Waals surface area contributed by atoms with Crippen LogP contribution < -0.4 is 5.32 Å². The first-order valence-corrected chi connectivity index (χ1v) is 14.9. The summed E-state index contributed by atoms with van der Waals surface area (Å²) in [4.78, 5) is 30.6. The van der Waals surface area contributed by atoms with E-state index < -0.39 is 6.04 Å². The van der Waals surface area contributed by atoms with Gasteiger partial charge < -0.3 is 10.2 Å². The molecular weight excluding hydrogens is 488 g/mol. The molecule has 38 heavy (non-hydrogen) atoms. The van der Waals surface area contributed by atoms with Crippen LogP contribution in [-0.2, 0) is 22.6 Å². The summed E-state index contributed by atoms with van der Waals surface area (Å²) in [6.07, 6.45) is 6.45. The molecule has 2 amide bonds. The van der Waals surface area contributed by atoms with Crippen molar-refractivity contribution in [2.45, 2.75) is 82.3 Å². The number of carbonyl (C=O) groups excluding carboxylic acids is 2. The number of nitrogens with zero attached hydrogens (tertiary/aromatic N) is 1. The molecule has 1 atom stereocenters. The van der Waals surface area contributed by atoms with Crippen LogP contribution in [0.1, 0.15) is 60.8 Å². The van der Waals surface area contributed by atoms with Crippen molar-refractivity contribution in [2.75, 3.05) is 5.75 Å². The Hall–Kier alpha value is -3.05. The molecule has 5 heteroatoms. The van der Waals surface area contributed by atoms with Crippen LogP contribution in [-0.4, -0.2) is 34.6 Å². The maximum Gasteiger partial charge on any atom is 0.243 e. The Morgan fingerprint density at radius 1 is 0.842 bits per heavy atom. The normalized spacial score (nSPS) is 14.6. The van der Waals surface area contributed by atoms with Gasteiger partial charge in [0.15, 0.2) is 0 Å². The summed E-state index contributed by atoms with van der Waals surface area (Å²) in [5.41, 5.74) is 4.50. The Morgan fingerprint density at radius 2 is 1.47 bits per heavy atom. The molecule has 1 aliphatic carbocycles. The van der Waals surface area contributed by atoms with E-state index in [1.54, 1.807) is 11.8 Å². The lowest BCUT2D eigenvalue weighted by molar-refractivity contribution is -0.141. The van der Waals surface area contributed by atoms with Crippen LogP contribution >= 0.6 is 11.8 Å². The van der Waals surface area contributed by atoms with Crippen molar-refractivity contribution in [3.8, 4) is 0 Å². The van der Waals surface area contributed by atoms with Crippen LogP contribution in [0.15, 0.2) is 83.8 Å². The molecule has 1 aliphatic rings. The van der Waals surface area contributed by atoms with Gasteiger partial charge in [-0.15, -0.1) is 11.8 Å². The molecule has 3 aromatic carbocycles. The van der Waals surface area contributed by atoms with E-state index >= 15 is 0 Å². The van der Waals surface area contributed by atoms with Crippen LogP contribution in [0.25, 0.3) is 0 Å². The molecule has 0 spiro atoms. The zero-order chi connectivity index (χ0) is 26.7. The number of rotatable bonds is 11. The average molecular weight is 529 g/mol. The average Bonchev–Trinajstić information content (AvgIpc) is 2.94. The summed E-state index contributed by atoms with van der Waals surface area (Å²) in [7, 11) is 0. The van der Waals surface area contributed by atoms with Crippen LogP contribution in [0.4, 0.5) is 0 Å². The van der Waals surface area contributed by atoms with Gasteiger partial charge in [-0.05, 0) is 49.9 Å². The minimum absolute atomic E-state index is 0.0184. The standard InChI is InChI=1S/C33H40N2O2S/c1-25-13-17-28(18-14-25)24-35(32(36)21-22-38-30-19-15-26(2)16-20-30)31(23-27-9-5-3-6-10-27)33(37)34-29-11-7-4-8-12-29/h3,5-6,9-10,13-20,29,31H,4,7-8,11-12,21-24H2,1-2H3,(H,34,37)/t31-/m0/s1. The van der Waals surface area contributed by atoms with Crippen molar-refractivity contribution in [1.82, 2.24) is 10.2 Å². The number of amides is 2. The molecule has 3 aromatic rings. The van der Waals surface area contributed by atoms with Crippen molar-refractivity contribution in [3.05, 3.63) is 101 Å². The first-order chi connectivity index (χ1) is 18.5. The Bertz CT molecular complexity index is 1160. The van der Waals surface area contributed by atoms with Gasteiger partial charge in [0.05, 0.1) is 0 Å². The summed E-state index contributed by atoms with van der Waals surface area (Å²) >= 11 is 1.69. The molecular formula is C33H40N2O2S. The number of hydrogen-bond acceptors (Lipinski definition) is 3. The zero-order valence-corrected chi connectivity index (χ0v) is 23.5. The van der Waals surface area contributed by atoms with E-state index in [1.807, 2.05) is 35.2 Å². The first-order valence-electron chi connectivity index (χ1n) is 13.9. The molecule has 4 rings (SSSR count). The van der Waals surface area contributed by atoms with Gasteiger partial charge in [-0.1, -0.05) is 97.1 Å². The molecule has 200 valence electrons. The molecule has 0 bridgehead atoms. The van der Waals surface area contributed by atoms with Crippen molar-refractivity contribution < 1.29 is 9.59 Å². The molecule has 0 unspecified atom stereocenters. The molecule has 0 radical (unpaired) electrons. The van der Waals surface area contributed by atoms with Crippen molar-refractivity contribution in [1.29, 1.82) is 0 Å². The molecule has 0 aromatic heterocycles. The van der Waals surface area contributed by atoms with Gasteiger partial charge >= 0.3 is 0 Å². The predicted molar refractivity (Wildman–Crippen MR) is 157 cm³/mol. The highest BCUT2D eigenvalue weighted by Crippen LogP contribution is 2.23. The maximum atomic E-state index is 13.8. The van der Waals surface area contributed by atoms with Gasteiger partial charge in [-0.25, -0.2) is 0 Å². The highest BCUT2D eigenvalue weighted by atomic mass is 32.2. The minimum Gasteiger partial charge on any atom is -0.352 e.